The van der Waals surface area contributed by atoms with Crippen LogP contribution in [0, 0.1) is 11.7 Å². The van der Waals surface area contributed by atoms with E-state index >= 15 is 0 Å². The SMILES string of the molecule is Fc1cccc(Cl)c1CN(CC1CCNCC1)C1CC1. The van der Waals surface area contributed by atoms with Gasteiger partial charge in [-0.3, -0.25) is 4.90 Å². The van der Waals surface area contributed by atoms with Gasteiger partial charge < -0.3 is 5.32 Å². The normalized spacial score (nSPS) is 20.6. The Morgan fingerprint density at radius 1 is 1.20 bits per heavy atom. The zero-order valence-corrected chi connectivity index (χ0v) is 12.5. The molecule has 1 N–H and O–H groups in total. The summed E-state index contributed by atoms with van der Waals surface area (Å²) in [6, 6.07) is 5.61. The highest BCUT2D eigenvalue weighted by Gasteiger charge is 2.31. The summed E-state index contributed by atoms with van der Waals surface area (Å²) < 4.78 is 14.0. The van der Waals surface area contributed by atoms with Gasteiger partial charge in [-0.2, -0.15) is 0 Å². The van der Waals surface area contributed by atoms with Gasteiger partial charge >= 0.3 is 0 Å². The van der Waals surface area contributed by atoms with Gasteiger partial charge in [0.15, 0.2) is 0 Å². The molecule has 3 rings (SSSR count). The number of halogens is 2. The summed E-state index contributed by atoms with van der Waals surface area (Å²) in [6.07, 6.45) is 4.95. The van der Waals surface area contributed by atoms with Gasteiger partial charge in [0, 0.05) is 29.7 Å². The van der Waals surface area contributed by atoms with Gasteiger partial charge in [0.05, 0.1) is 0 Å². The largest absolute Gasteiger partial charge is 0.317 e. The quantitative estimate of drug-likeness (QED) is 0.895. The summed E-state index contributed by atoms with van der Waals surface area (Å²) in [6.45, 7) is 3.96. The second-order valence-corrected chi connectivity index (χ2v) is 6.46. The number of nitrogens with zero attached hydrogens (tertiary/aromatic N) is 1. The maximum absolute atomic E-state index is 14.0. The number of nitrogens with one attached hydrogen (secondary N) is 1. The summed E-state index contributed by atoms with van der Waals surface area (Å²) in [7, 11) is 0. The van der Waals surface area contributed by atoms with Crippen molar-refractivity contribution in [2.24, 2.45) is 5.92 Å². The Balaban J connectivity index is 1.68. The average molecular weight is 297 g/mol. The highest BCUT2D eigenvalue weighted by molar-refractivity contribution is 6.31. The van der Waals surface area contributed by atoms with E-state index in [1.165, 1.54) is 31.7 Å². The number of benzene rings is 1. The average Bonchev–Trinajstić information content (AvgIpc) is 3.27. The maximum Gasteiger partial charge on any atom is 0.129 e. The predicted molar refractivity (Wildman–Crippen MR) is 80.4 cm³/mol. The third-order valence-electron chi connectivity index (χ3n) is 4.44. The van der Waals surface area contributed by atoms with Crippen molar-refractivity contribution in [3.63, 3.8) is 0 Å². The van der Waals surface area contributed by atoms with Crippen molar-refractivity contribution in [2.75, 3.05) is 19.6 Å². The number of hydrogen-bond acceptors (Lipinski definition) is 2. The molecule has 0 aromatic heterocycles. The third kappa shape index (κ3) is 3.51. The molecule has 0 unspecified atom stereocenters. The van der Waals surface area contributed by atoms with Gasteiger partial charge in [-0.05, 0) is 56.8 Å². The molecule has 0 atom stereocenters. The standard InChI is InChI=1S/C16H22ClFN2/c17-15-2-1-3-16(18)14(15)11-20(13-4-5-13)10-12-6-8-19-9-7-12/h1-3,12-13,19H,4-11H2. The summed E-state index contributed by atoms with van der Waals surface area (Å²) in [5, 5.41) is 3.96. The fourth-order valence-electron chi connectivity index (χ4n) is 3.06. The predicted octanol–water partition coefficient (Wildman–Crippen LogP) is 3.44. The van der Waals surface area contributed by atoms with Crippen LogP contribution >= 0.6 is 11.6 Å². The molecule has 2 fully saturated rings. The monoisotopic (exact) mass is 296 g/mol. The second kappa shape index (κ2) is 6.42. The lowest BCUT2D eigenvalue weighted by Gasteiger charge is -2.30. The smallest absolute Gasteiger partial charge is 0.129 e. The third-order valence-corrected chi connectivity index (χ3v) is 4.79. The van der Waals surface area contributed by atoms with Crippen molar-refractivity contribution in [1.29, 1.82) is 0 Å². The number of hydrogen-bond donors (Lipinski definition) is 1. The fourth-order valence-corrected chi connectivity index (χ4v) is 3.29. The highest BCUT2D eigenvalue weighted by atomic mass is 35.5. The highest BCUT2D eigenvalue weighted by Crippen LogP contribution is 2.32. The van der Waals surface area contributed by atoms with Crippen molar-refractivity contribution < 1.29 is 4.39 Å². The first-order chi connectivity index (χ1) is 9.74. The van der Waals surface area contributed by atoms with Crippen molar-refractivity contribution in [3.05, 3.63) is 34.6 Å². The Kier molecular flexibility index (Phi) is 4.59. The van der Waals surface area contributed by atoms with Crippen LogP contribution in [0.4, 0.5) is 4.39 Å². The number of piperidine rings is 1. The number of rotatable bonds is 5. The Morgan fingerprint density at radius 2 is 1.95 bits per heavy atom. The van der Waals surface area contributed by atoms with Gasteiger partial charge in [-0.25, -0.2) is 4.39 Å². The molecule has 0 radical (unpaired) electrons. The molecular formula is C16H22ClFN2. The molecule has 0 bridgehead atoms. The zero-order valence-electron chi connectivity index (χ0n) is 11.7. The van der Waals surface area contributed by atoms with Crippen LogP contribution in [-0.4, -0.2) is 30.6 Å². The zero-order chi connectivity index (χ0) is 13.9. The van der Waals surface area contributed by atoms with Crippen LogP contribution < -0.4 is 5.32 Å². The van der Waals surface area contributed by atoms with Crippen LogP contribution in [0.25, 0.3) is 0 Å². The van der Waals surface area contributed by atoms with Gasteiger partial charge in [0.1, 0.15) is 5.82 Å². The van der Waals surface area contributed by atoms with E-state index in [1.807, 2.05) is 0 Å². The minimum absolute atomic E-state index is 0.173. The molecule has 0 spiro atoms. The Bertz CT molecular complexity index is 436. The van der Waals surface area contributed by atoms with Crippen molar-refractivity contribution in [1.82, 2.24) is 10.2 Å². The summed E-state index contributed by atoms with van der Waals surface area (Å²) in [5.41, 5.74) is 0.662. The summed E-state index contributed by atoms with van der Waals surface area (Å²) in [5.74, 6) is 0.566. The van der Waals surface area contributed by atoms with Crippen LogP contribution in [-0.2, 0) is 6.54 Å². The first kappa shape index (κ1) is 14.3. The molecule has 1 aromatic rings. The summed E-state index contributed by atoms with van der Waals surface area (Å²) in [4.78, 5) is 2.44. The minimum Gasteiger partial charge on any atom is -0.317 e. The molecule has 1 saturated heterocycles. The van der Waals surface area contributed by atoms with Crippen molar-refractivity contribution in [3.8, 4) is 0 Å². The van der Waals surface area contributed by atoms with E-state index in [0.717, 1.165) is 25.6 Å². The molecule has 1 heterocycles. The molecule has 1 saturated carbocycles. The van der Waals surface area contributed by atoms with E-state index in [4.69, 9.17) is 11.6 Å². The molecule has 2 nitrogen and oxygen atoms in total. The lowest BCUT2D eigenvalue weighted by atomic mass is 9.97. The van der Waals surface area contributed by atoms with Gasteiger partial charge in [-0.1, -0.05) is 17.7 Å². The molecular weight excluding hydrogens is 275 g/mol. The van der Waals surface area contributed by atoms with E-state index in [2.05, 4.69) is 10.2 Å². The molecule has 1 aromatic carbocycles. The van der Waals surface area contributed by atoms with Crippen LogP contribution in [0.5, 0.6) is 0 Å². The molecule has 1 aliphatic heterocycles. The molecule has 110 valence electrons. The van der Waals surface area contributed by atoms with E-state index < -0.39 is 0 Å². The van der Waals surface area contributed by atoms with E-state index in [0.29, 0.717) is 23.2 Å². The first-order valence-electron chi connectivity index (χ1n) is 7.61. The van der Waals surface area contributed by atoms with Crippen LogP contribution in [0.1, 0.15) is 31.2 Å². The molecule has 0 amide bonds. The minimum atomic E-state index is -0.173. The van der Waals surface area contributed by atoms with Gasteiger partial charge in [0.25, 0.3) is 0 Å². The molecule has 4 heteroatoms. The summed E-state index contributed by atoms with van der Waals surface area (Å²) >= 11 is 6.16. The van der Waals surface area contributed by atoms with Crippen molar-refractivity contribution >= 4 is 11.6 Å². The first-order valence-corrected chi connectivity index (χ1v) is 7.99. The van der Waals surface area contributed by atoms with Gasteiger partial charge in [-0.15, -0.1) is 0 Å². The van der Waals surface area contributed by atoms with E-state index in [9.17, 15) is 4.39 Å². The van der Waals surface area contributed by atoms with Crippen LogP contribution in [0.15, 0.2) is 18.2 Å². The molecule has 2 aliphatic rings. The van der Waals surface area contributed by atoms with E-state index in [1.54, 1.807) is 12.1 Å². The Hall–Kier alpha value is -0.640. The molecule has 20 heavy (non-hydrogen) atoms. The van der Waals surface area contributed by atoms with Crippen molar-refractivity contribution in [2.45, 2.75) is 38.3 Å². The Labute approximate surface area is 125 Å². The Morgan fingerprint density at radius 3 is 2.60 bits per heavy atom. The molecule has 1 aliphatic carbocycles. The van der Waals surface area contributed by atoms with Crippen LogP contribution in [0.3, 0.4) is 0 Å². The maximum atomic E-state index is 14.0. The van der Waals surface area contributed by atoms with Gasteiger partial charge in [0.2, 0.25) is 0 Å². The fraction of sp³-hybridized carbons (Fsp3) is 0.625. The lowest BCUT2D eigenvalue weighted by Crippen LogP contribution is -2.37. The lowest BCUT2D eigenvalue weighted by molar-refractivity contribution is 0.188. The topological polar surface area (TPSA) is 15.3 Å². The van der Waals surface area contributed by atoms with Crippen LogP contribution in [0.2, 0.25) is 5.02 Å². The second-order valence-electron chi connectivity index (χ2n) is 6.05. The van der Waals surface area contributed by atoms with E-state index in [-0.39, 0.29) is 5.82 Å².